The Bertz CT molecular complexity index is 603. The van der Waals surface area contributed by atoms with Gasteiger partial charge in [0.1, 0.15) is 0 Å². The molecule has 4 rings (SSSR count). The number of piperidine rings is 2. The summed E-state index contributed by atoms with van der Waals surface area (Å²) in [5.41, 5.74) is 0. The van der Waals surface area contributed by atoms with Gasteiger partial charge in [-0.3, -0.25) is 4.31 Å². The van der Waals surface area contributed by atoms with Crippen LogP contribution in [0.4, 0.5) is 5.95 Å². The highest BCUT2D eigenvalue weighted by molar-refractivity contribution is 7.96. The summed E-state index contributed by atoms with van der Waals surface area (Å²) in [6.07, 6.45) is 13.4. The molecule has 2 unspecified atom stereocenters. The molecule has 1 saturated carbocycles. The van der Waals surface area contributed by atoms with Crippen molar-refractivity contribution < 1.29 is 4.74 Å². The second kappa shape index (κ2) is 9.96. The zero-order valence-electron chi connectivity index (χ0n) is 16.9. The van der Waals surface area contributed by atoms with Crippen molar-refractivity contribution in [1.82, 2.24) is 14.3 Å². The minimum Gasteiger partial charge on any atom is -0.381 e. The van der Waals surface area contributed by atoms with Crippen LogP contribution in [0.3, 0.4) is 0 Å². The average molecular weight is 425 g/mol. The Hall–Kier alpha value is -0.560. The smallest absolute Gasteiger partial charge is 0.225 e. The predicted molar refractivity (Wildman–Crippen MR) is 117 cm³/mol. The van der Waals surface area contributed by atoms with Gasteiger partial charge in [0, 0.05) is 39.4 Å². The van der Waals surface area contributed by atoms with Gasteiger partial charge in [-0.2, -0.15) is 0 Å². The third kappa shape index (κ3) is 5.53. The Labute approximate surface area is 178 Å². The van der Waals surface area contributed by atoms with Crippen LogP contribution in [0.5, 0.6) is 0 Å². The molecule has 0 spiro atoms. The van der Waals surface area contributed by atoms with Gasteiger partial charge in [-0.1, -0.05) is 23.5 Å². The molecule has 0 bridgehead atoms. The molecule has 0 radical (unpaired) electrons. The molecule has 1 aromatic heterocycles. The van der Waals surface area contributed by atoms with E-state index in [9.17, 15) is 0 Å². The Morgan fingerprint density at radius 2 is 1.82 bits per heavy atom. The Balaban J connectivity index is 1.08. The third-order valence-electron chi connectivity index (χ3n) is 6.83. The van der Waals surface area contributed by atoms with Gasteiger partial charge in [0.05, 0.1) is 17.4 Å². The van der Waals surface area contributed by atoms with Crippen LogP contribution in [0.2, 0.25) is 5.02 Å². The first-order valence-electron chi connectivity index (χ1n) is 10.8. The van der Waals surface area contributed by atoms with Crippen LogP contribution in [0, 0.1) is 23.7 Å². The summed E-state index contributed by atoms with van der Waals surface area (Å²) >= 11 is 7.77. The fraction of sp³-hybridized carbons (Fsp3) is 0.810. The summed E-state index contributed by atoms with van der Waals surface area (Å²) in [5.74, 6) is 4.32. The van der Waals surface area contributed by atoms with E-state index in [2.05, 4.69) is 25.4 Å². The number of nitrogens with zero attached hydrogens (tertiary/aromatic N) is 4. The van der Waals surface area contributed by atoms with Crippen LogP contribution in [0.1, 0.15) is 38.5 Å². The van der Waals surface area contributed by atoms with Gasteiger partial charge in [0.15, 0.2) is 0 Å². The van der Waals surface area contributed by atoms with E-state index in [-0.39, 0.29) is 0 Å². The Kier molecular flexibility index (Phi) is 7.37. The topological polar surface area (TPSA) is 41.5 Å². The summed E-state index contributed by atoms with van der Waals surface area (Å²) in [6, 6.07) is 0. The number of hydrogen-bond donors (Lipinski definition) is 0. The molecule has 3 fully saturated rings. The van der Waals surface area contributed by atoms with E-state index in [1.807, 2.05) is 11.9 Å². The quantitative estimate of drug-likeness (QED) is 0.455. The summed E-state index contributed by atoms with van der Waals surface area (Å²) in [6.45, 7) is 6.52. The molecule has 2 aliphatic heterocycles. The molecular weight excluding hydrogens is 392 g/mol. The van der Waals surface area contributed by atoms with Gasteiger partial charge in [-0.05, 0) is 68.5 Å². The molecule has 3 heterocycles. The fourth-order valence-corrected chi connectivity index (χ4v) is 5.59. The van der Waals surface area contributed by atoms with Crippen LogP contribution in [-0.4, -0.2) is 59.9 Å². The fourth-order valence-electron chi connectivity index (χ4n) is 4.92. The first kappa shape index (κ1) is 20.7. The van der Waals surface area contributed by atoms with Crippen molar-refractivity contribution in [3.05, 3.63) is 17.4 Å². The lowest BCUT2D eigenvalue weighted by atomic mass is 9.90. The summed E-state index contributed by atoms with van der Waals surface area (Å²) in [7, 11) is 0. The maximum atomic E-state index is 6.05. The lowest BCUT2D eigenvalue weighted by Gasteiger charge is -2.32. The molecule has 0 amide bonds. The molecule has 2 saturated heterocycles. The van der Waals surface area contributed by atoms with Gasteiger partial charge in [-0.15, -0.1) is 0 Å². The van der Waals surface area contributed by atoms with Crippen LogP contribution in [-0.2, 0) is 4.74 Å². The van der Waals surface area contributed by atoms with Crippen molar-refractivity contribution in [2.45, 2.75) is 38.5 Å². The van der Waals surface area contributed by atoms with Crippen molar-refractivity contribution in [3.63, 3.8) is 0 Å². The highest BCUT2D eigenvalue weighted by atomic mass is 35.5. The molecule has 3 aliphatic rings. The number of aromatic nitrogens is 2. The maximum absolute atomic E-state index is 6.05. The number of halogens is 1. The second-order valence-corrected chi connectivity index (χ2v) is 9.92. The molecule has 7 heteroatoms. The number of rotatable bonds is 8. The van der Waals surface area contributed by atoms with Crippen molar-refractivity contribution in [2.75, 3.05) is 50.5 Å². The lowest BCUT2D eigenvalue weighted by molar-refractivity contribution is 0.0756. The van der Waals surface area contributed by atoms with E-state index >= 15 is 0 Å². The van der Waals surface area contributed by atoms with Crippen molar-refractivity contribution in [1.29, 1.82) is 0 Å². The first-order valence-corrected chi connectivity index (χ1v) is 12.4. The number of anilines is 1. The molecule has 1 aliphatic carbocycles. The van der Waals surface area contributed by atoms with Crippen molar-refractivity contribution in [2.24, 2.45) is 23.7 Å². The number of ether oxygens (including phenoxy) is 1. The van der Waals surface area contributed by atoms with Gasteiger partial charge < -0.3 is 9.64 Å². The summed E-state index contributed by atoms with van der Waals surface area (Å²) in [4.78, 5) is 11.0. The van der Waals surface area contributed by atoms with E-state index in [0.29, 0.717) is 5.02 Å². The minimum atomic E-state index is 0.604. The minimum absolute atomic E-state index is 0.604. The van der Waals surface area contributed by atoms with Gasteiger partial charge in [0.25, 0.3) is 0 Å². The van der Waals surface area contributed by atoms with Crippen LogP contribution >= 0.6 is 23.5 Å². The molecule has 28 heavy (non-hydrogen) atoms. The third-order valence-corrected chi connectivity index (χ3v) is 7.91. The molecule has 5 nitrogen and oxygen atoms in total. The molecule has 2 atom stereocenters. The van der Waals surface area contributed by atoms with E-state index in [1.165, 1.54) is 51.6 Å². The Morgan fingerprint density at radius 1 is 1.11 bits per heavy atom. The largest absolute Gasteiger partial charge is 0.381 e. The highest BCUT2D eigenvalue weighted by Gasteiger charge is 2.43. The van der Waals surface area contributed by atoms with E-state index in [4.69, 9.17) is 16.3 Å². The lowest BCUT2D eigenvalue weighted by Crippen LogP contribution is -2.35. The average Bonchev–Trinajstić information content (AvgIpc) is 3.52. The molecule has 156 valence electrons. The van der Waals surface area contributed by atoms with Crippen molar-refractivity contribution >= 4 is 29.5 Å². The second-order valence-electron chi connectivity index (χ2n) is 8.60. The van der Waals surface area contributed by atoms with E-state index in [1.54, 1.807) is 12.4 Å². The molecule has 0 N–H and O–H groups in total. The normalized spacial score (nSPS) is 27.3. The first-order chi connectivity index (χ1) is 13.7. The SMILES string of the molecule is CSN1CCC(COCCC2CC2C2CCN(c3ncc(Cl)cn3)CC2)CC1. The standard InChI is InChI=1S/C21H33ClN4OS/c1-28-26-9-2-16(3-10-26)15-27-11-6-18-12-20(18)17-4-7-25(8-5-17)21-23-13-19(22)14-24-21/h13-14,16-18,20H,2-12,15H2,1H3. The number of hydrogen-bond acceptors (Lipinski definition) is 6. The predicted octanol–water partition coefficient (Wildman–Crippen LogP) is 4.38. The monoisotopic (exact) mass is 424 g/mol. The van der Waals surface area contributed by atoms with E-state index in [0.717, 1.165) is 55.9 Å². The zero-order valence-corrected chi connectivity index (χ0v) is 18.5. The van der Waals surface area contributed by atoms with Crippen LogP contribution in [0.15, 0.2) is 12.4 Å². The van der Waals surface area contributed by atoms with E-state index < -0.39 is 0 Å². The van der Waals surface area contributed by atoms with Crippen LogP contribution in [0.25, 0.3) is 0 Å². The maximum Gasteiger partial charge on any atom is 0.225 e. The highest BCUT2D eigenvalue weighted by Crippen LogP contribution is 2.49. The van der Waals surface area contributed by atoms with Gasteiger partial charge in [0.2, 0.25) is 5.95 Å². The zero-order chi connectivity index (χ0) is 19.3. The van der Waals surface area contributed by atoms with Crippen molar-refractivity contribution in [3.8, 4) is 0 Å². The molecule has 1 aromatic rings. The Morgan fingerprint density at radius 3 is 2.50 bits per heavy atom. The summed E-state index contributed by atoms with van der Waals surface area (Å²) < 4.78 is 8.52. The van der Waals surface area contributed by atoms with Crippen LogP contribution < -0.4 is 4.90 Å². The van der Waals surface area contributed by atoms with Gasteiger partial charge >= 0.3 is 0 Å². The van der Waals surface area contributed by atoms with Gasteiger partial charge in [-0.25, -0.2) is 9.97 Å². The molecule has 0 aromatic carbocycles. The molecular formula is C21H33ClN4OS. The summed E-state index contributed by atoms with van der Waals surface area (Å²) in [5, 5.41) is 0.604.